The number of sulfonamides is 1. The van der Waals surface area contributed by atoms with Crippen molar-refractivity contribution in [3.05, 3.63) is 65.2 Å². The highest BCUT2D eigenvalue weighted by atomic mass is 32.2. The molecule has 0 spiro atoms. The Morgan fingerprint density at radius 2 is 1.59 bits per heavy atom. The van der Waals surface area contributed by atoms with Crippen molar-refractivity contribution < 1.29 is 31.1 Å². The Kier molecular flexibility index (Phi) is 7.77. The minimum absolute atomic E-state index is 0.0687. The van der Waals surface area contributed by atoms with Crippen LogP contribution in [0.1, 0.15) is 28.4 Å². The first kappa shape index (κ1) is 22.9. The standard InChI is InChI=1S/C19H21F3N2O4S/c1-2-24-29(26,27)17-9-7-16(8-10-17)18(25)23-11-14-3-5-15(6-4-14)12-28-13-19(20,21)22/h3-10,24H,2,11-13H2,1H3,(H,23,25). The van der Waals surface area contributed by atoms with Gasteiger partial charge in [-0.1, -0.05) is 31.2 Å². The molecular weight excluding hydrogens is 409 g/mol. The topological polar surface area (TPSA) is 84.5 Å². The van der Waals surface area contributed by atoms with E-state index in [1.165, 1.54) is 24.3 Å². The molecule has 2 rings (SSSR count). The third-order valence-corrected chi connectivity index (χ3v) is 5.33. The number of halogens is 3. The lowest BCUT2D eigenvalue weighted by Crippen LogP contribution is -2.24. The second kappa shape index (κ2) is 9.86. The molecule has 6 nitrogen and oxygen atoms in total. The molecule has 2 N–H and O–H groups in total. The fourth-order valence-electron chi connectivity index (χ4n) is 2.38. The molecule has 2 aromatic carbocycles. The van der Waals surface area contributed by atoms with Gasteiger partial charge in [0.1, 0.15) is 6.61 Å². The molecule has 0 saturated carbocycles. The molecule has 2 aromatic rings. The number of carbonyl (C=O) groups is 1. The van der Waals surface area contributed by atoms with E-state index in [0.29, 0.717) is 11.1 Å². The van der Waals surface area contributed by atoms with Gasteiger partial charge in [0.15, 0.2) is 0 Å². The van der Waals surface area contributed by atoms with Crippen molar-refractivity contribution in [2.45, 2.75) is 31.1 Å². The molecule has 0 aliphatic rings. The molecule has 0 aliphatic heterocycles. The first-order chi connectivity index (χ1) is 13.6. The smallest absolute Gasteiger partial charge is 0.367 e. The summed E-state index contributed by atoms with van der Waals surface area (Å²) in [6.07, 6.45) is -4.36. The zero-order chi connectivity index (χ0) is 21.5. The molecule has 29 heavy (non-hydrogen) atoms. The average molecular weight is 430 g/mol. The van der Waals surface area contributed by atoms with E-state index in [0.717, 1.165) is 5.56 Å². The van der Waals surface area contributed by atoms with Crippen molar-refractivity contribution in [3.63, 3.8) is 0 Å². The van der Waals surface area contributed by atoms with Gasteiger partial charge in [-0.3, -0.25) is 4.79 Å². The van der Waals surface area contributed by atoms with Crippen molar-refractivity contribution in [3.8, 4) is 0 Å². The van der Waals surface area contributed by atoms with E-state index >= 15 is 0 Å². The van der Waals surface area contributed by atoms with E-state index in [1.807, 2.05) is 0 Å². The van der Waals surface area contributed by atoms with Crippen LogP contribution in [0, 0.1) is 0 Å². The maximum Gasteiger partial charge on any atom is 0.411 e. The summed E-state index contributed by atoms with van der Waals surface area (Å²) >= 11 is 0. The maximum absolute atomic E-state index is 12.2. The van der Waals surface area contributed by atoms with Gasteiger partial charge in [0.05, 0.1) is 11.5 Å². The van der Waals surface area contributed by atoms with Crippen LogP contribution in [0.3, 0.4) is 0 Å². The number of nitrogens with one attached hydrogen (secondary N) is 2. The molecule has 0 fully saturated rings. The summed E-state index contributed by atoms with van der Waals surface area (Å²) in [4.78, 5) is 12.3. The van der Waals surface area contributed by atoms with Gasteiger partial charge in [-0.15, -0.1) is 0 Å². The Hall–Kier alpha value is -2.43. The number of alkyl halides is 3. The highest BCUT2D eigenvalue weighted by molar-refractivity contribution is 7.89. The van der Waals surface area contributed by atoms with E-state index in [4.69, 9.17) is 0 Å². The maximum atomic E-state index is 12.2. The van der Waals surface area contributed by atoms with Crippen molar-refractivity contribution in [2.75, 3.05) is 13.2 Å². The largest absolute Gasteiger partial charge is 0.411 e. The molecule has 0 heterocycles. The molecule has 0 radical (unpaired) electrons. The van der Waals surface area contributed by atoms with Gasteiger partial charge in [0, 0.05) is 18.7 Å². The predicted molar refractivity (Wildman–Crippen MR) is 101 cm³/mol. The second-order valence-electron chi connectivity index (χ2n) is 6.13. The van der Waals surface area contributed by atoms with Crippen molar-refractivity contribution in [2.24, 2.45) is 0 Å². The van der Waals surface area contributed by atoms with Gasteiger partial charge in [-0.25, -0.2) is 13.1 Å². The highest BCUT2D eigenvalue weighted by Crippen LogP contribution is 2.16. The van der Waals surface area contributed by atoms with Gasteiger partial charge >= 0.3 is 6.18 Å². The molecular formula is C19H21F3N2O4S. The van der Waals surface area contributed by atoms with Crippen molar-refractivity contribution >= 4 is 15.9 Å². The molecule has 0 unspecified atom stereocenters. The van der Waals surface area contributed by atoms with Crippen LogP contribution in [0.4, 0.5) is 13.2 Å². The molecule has 0 saturated heterocycles. The Balaban J connectivity index is 1.87. The SMILES string of the molecule is CCNS(=O)(=O)c1ccc(C(=O)NCc2ccc(COCC(F)(F)F)cc2)cc1. The van der Waals surface area contributed by atoms with E-state index in [2.05, 4.69) is 14.8 Å². The van der Waals surface area contributed by atoms with Crippen LogP contribution >= 0.6 is 0 Å². The molecule has 0 bridgehead atoms. The predicted octanol–water partition coefficient (Wildman–Crippen LogP) is 2.99. The normalized spacial score (nSPS) is 12.0. The number of rotatable bonds is 9. The van der Waals surface area contributed by atoms with Gasteiger partial charge in [0.2, 0.25) is 10.0 Å². The summed E-state index contributed by atoms with van der Waals surface area (Å²) in [6, 6.07) is 12.1. The number of hydrogen-bond acceptors (Lipinski definition) is 4. The lowest BCUT2D eigenvalue weighted by Gasteiger charge is -2.09. The lowest BCUT2D eigenvalue weighted by molar-refractivity contribution is -0.176. The van der Waals surface area contributed by atoms with E-state index in [9.17, 15) is 26.4 Å². The van der Waals surface area contributed by atoms with Crippen LogP contribution in [-0.2, 0) is 27.9 Å². The minimum atomic E-state index is -4.36. The quantitative estimate of drug-likeness (QED) is 0.641. The lowest BCUT2D eigenvalue weighted by atomic mass is 10.1. The molecule has 1 amide bonds. The van der Waals surface area contributed by atoms with Crippen LogP contribution in [0.5, 0.6) is 0 Å². The Morgan fingerprint density at radius 3 is 2.14 bits per heavy atom. The summed E-state index contributed by atoms with van der Waals surface area (Å²) in [7, 11) is -3.58. The number of hydrogen-bond donors (Lipinski definition) is 2. The average Bonchev–Trinajstić information content (AvgIpc) is 2.66. The first-order valence-corrected chi connectivity index (χ1v) is 10.2. The summed E-state index contributed by atoms with van der Waals surface area (Å²) in [5.74, 6) is -0.380. The monoisotopic (exact) mass is 430 g/mol. The molecule has 0 aliphatic carbocycles. The first-order valence-electron chi connectivity index (χ1n) is 8.71. The highest BCUT2D eigenvalue weighted by Gasteiger charge is 2.27. The van der Waals surface area contributed by atoms with Crippen molar-refractivity contribution in [1.82, 2.24) is 10.0 Å². The van der Waals surface area contributed by atoms with E-state index in [1.54, 1.807) is 31.2 Å². The van der Waals surface area contributed by atoms with E-state index in [-0.39, 0.29) is 30.5 Å². The fraction of sp³-hybridized carbons (Fsp3) is 0.316. The summed E-state index contributed by atoms with van der Waals surface area (Å²) in [5.41, 5.74) is 1.64. The van der Waals surface area contributed by atoms with E-state index < -0.39 is 22.8 Å². The Morgan fingerprint density at radius 1 is 1.00 bits per heavy atom. The van der Waals surface area contributed by atoms with Crippen LogP contribution in [0.25, 0.3) is 0 Å². The minimum Gasteiger partial charge on any atom is -0.367 e. The Labute approximate surface area is 167 Å². The third kappa shape index (κ3) is 7.48. The van der Waals surface area contributed by atoms with Gasteiger partial charge < -0.3 is 10.1 Å². The zero-order valence-corrected chi connectivity index (χ0v) is 16.4. The van der Waals surface area contributed by atoms with Crippen LogP contribution in [0.15, 0.2) is 53.4 Å². The number of benzene rings is 2. The van der Waals surface area contributed by atoms with Crippen LogP contribution in [0.2, 0.25) is 0 Å². The molecule has 158 valence electrons. The van der Waals surface area contributed by atoms with Crippen molar-refractivity contribution in [1.29, 1.82) is 0 Å². The molecule has 0 atom stereocenters. The van der Waals surface area contributed by atoms with Gasteiger partial charge in [-0.05, 0) is 35.4 Å². The van der Waals surface area contributed by atoms with Gasteiger partial charge in [-0.2, -0.15) is 13.2 Å². The summed E-state index contributed by atoms with van der Waals surface area (Å²) in [5, 5.41) is 2.70. The number of amides is 1. The summed E-state index contributed by atoms with van der Waals surface area (Å²) in [6.45, 7) is 0.674. The second-order valence-corrected chi connectivity index (χ2v) is 7.90. The Bertz CT molecular complexity index is 912. The summed E-state index contributed by atoms with van der Waals surface area (Å²) < 4.78 is 66.9. The molecule has 10 heteroatoms. The van der Waals surface area contributed by atoms with Gasteiger partial charge in [0.25, 0.3) is 5.91 Å². The fourth-order valence-corrected chi connectivity index (χ4v) is 3.42. The van der Waals surface area contributed by atoms with Crippen LogP contribution < -0.4 is 10.0 Å². The van der Waals surface area contributed by atoms with Crippen LogP contribution in [-0.4, -0.2) is 33.7 Å². The number of carbonyl (C=O) groups excluding carboxylic acids is 1. The molecule has 0 aromatic heterocycles. The number of ether oxygens (including phenoxy) is 1. The third-order valence-electron chi connectivity index (χ3n) is 3.77. The zero-order valence-electron chi connectivity index (χ0n) is 15.6.